The van der Waals surface area contributed by atoms with Crippen molar-refractivity contribution >= 4 is 11.8 Å². The lowest BCUT2D eigenvalue weighted by atomic mass is 10.2. The molecule has 1 saturated heterocycles. The van der Waals surface area contributed by atoms with E-state index in [-0.39, 0.29) is 24.5 Å². The summed E-state index contributed by atoms with van der Waals surface area (Å²) in [5, 5.41) is 6.91. The maximum absolute atomic E-state index is 12.4. The second kappa shape index (κ2) is 7.37. The van der Waals surface area contributed by atoms with Gasteiger partial charge in [-0.3, -0.25) is 19.6 Å². The first-order chi connectivity index (χ1) is 10.5. The predicted molar refractivity (Wildman–Crippen MR) is 80.3 cm³/mol. The number of aromatic nitrogens is 2. The number of morpholine rings is 1. The van der Waals surface area contributed by atoms with Crippen molar-refractivity contribution in [1.29, 1.82) is 0 Å². The number of hydrogen-bond acceptors (Lipinski definition) is 5. The number of ether oxygens (including phenoxy) is 1. The van der Waals surface area contributed by atoms with Crippen molar-refractivity contribution in [1.82, 2.24) is 20.0 Å². The zero-order valence-corrected chi connectivity index (χ0v) is 13.0. The predicted octanol–water partition coefficient (Wildman–Crippen LogP) is -0.770. The third kappa shape index (κ3) is 4.28. The first kappa shape index (κ1) is 16.4. The molecule has 0 spiro atoms. The van der Waals surface area contributed by atoms with Gasteiger partial charge in [-0.15, -0.1) is 0 Å². The Morgan fingerprint density at radius 2 is 2.36 bits per heavy atom. The van der Waals surface area contributed by atoms with E-state index >= 15 is 0 Å². The van der Waals surface area contributed by atoms with Gasteiger partial charge in [0.05, 0.1) is 19.3 Å². The largest absolute Gasteiger partial charge is 0.373 e. The van der Waals surface area contributed by atoms with Crippen molar-refractivity contribution < 1.29 is 14.3 Å². The standard InChI is InChI=1S/C14H23N5O3/c1-3-10-6-12(17-16-10)14(21)19-4-5-22-11(8-19)7-18(2)9-13(15)20/h6,11H,3-5,7-9H2,1-2H3,(H2,15,20)(H,16,17). The van der Waals surface area contributed by atoms with Gasteiger partial charge in [-0.25, -0.2) is 0 Å². The molecule has 1 aliphatic heterocycles. The molecule has 22 heavy (non-hydrogen) atoms. The molecule has 1 aliphatic rings. The van der Waals surface area contributed by atoms with Crippen LogP contribution in [0.1, 0.15) is 23.1 Å². The van der Waals surface area contributed by atoms with Crippen LogP contribution in [0, 0.1) is 0 Å². The van der Waals surface area contributed by atoms with Crippen molar-refractivity contribution in [2.24, 2.45) is 5.73 Å². The maximum Gasteiger partial charge on any atom is 0.274 e. The van der Waals surface area contributed by atoms with Crippen LogP contribution in [0.5, 0.6) is 0 Å². The van der Waals surface area contributed by atoms with E-state index in [2.05, 4.69) is 10.2 Å². The molecule has 1 unspecified atom stereocenters. The van der Waals surface area contributed by atoms with E-state index in [1.807, 2.05) is 6.92 Å². The molecule has 0 bridgehead atoms. The van der Waals surface area contributed by atoms with Crippen LogP contribution < -0.4 is 5.73 Å². The van der Waals surface area contributed by atoms with Gasteiger partial charge in [0.1, 0.15) is 5.69 Å². The Balaban J connectivity index is 1.92. The van der Waals surface area contributed by atoms with Gasteiger partial charge < -0.3 is 15.4 Å². The number of nitrogens with two attached hydrogens (primary N) is 1. The molecule has 2 rings (SSSR count). The van der Waals surface area contributed by atoms with Crippen molar-refractivity contribution in [3.63, 3.8) is 0 Å². The molecule has 0 aromatic carbocycles. The lowest BCUT2D eigenvalue weighted by molar-refractivity contribution is -0.119. The Kier molecular flexibility index (Phi) is 5.51. The number of aryl methyl sites for hydroxylation is 1. The van der Waals surface area contributed by atoms with Crippen molar-refractivity contribution in [2.45, 2.75) is 19.4 Å². The number of primary amides is 1. The van der Waals surface area contributed by atoms with Gasteiger partial charge in [-0.05, 0) is 19.5 Å². The number of nitrogens with zero attached hydrogens (tertiary/aromatic N) is 3. The first-order valence-electron chi connectivity index (χ1n) is 7.41. The van der Waals surface area contributed by atoms with Crippen molar-refractivity contribution in [2.75, 3.05) is 39.8 Å². The highest BCUT2D eigenvalue weighted by atomic mass is 16.5. The minimum Gasteiger partial charge on any atom is -0.373 e. The SMILES string of the molecule is CCc1cc(C(=O)N2CCOC(CN(C)CC(N)=O)C2)n[nH]1. The molecule has 0 radical (unpaired) electrons. The summed E-state index contributed by atoms with van der Waals surface area (Å²) in [6.45, 7) is 4.23. The van der Waals surface area contributed by atoms with Gasteiger partial charge in [0.15, 0.2) is 0 Å². The Labute approximate surface area is 129 Å². The fraction of sp³-hybridized carbons (Fsp3) is 0.643. The lowest BCUT2D eigenvalue weighted by Crippen LogP contribution is -2.50. The smallest absolute Gasteiger partial charge is 0.274 e. The quantitative estimate of drug-likeness (QED) is 0.718. The van der Waals surface area contributed by atoms with E-state index in [0.717, 1.165) is 12.1 Å². The van der Waals surface area contributed by atoms with Crippen LogP contribution in [0.3, 0.4) is 0 Å². The van der Waals surface area contributed by atoms with E-state index in [4.69, 9.17) is 10.5 Å². The summed E-state index contributed by atoms with van der Waals surface area (Å²) in [6.07, 6.45) is 0.677. The van der Waals surface area contributed by atoms with Crippen LogP contribution in [0.4, 0.5) is 0 Å². The van der Waals surface area contributed by atoms with E-state index < -0.39 is 0 Å². The van der Waals surface area contributed by atoms with Crippen LogP contribution in [0.2, 0.25) is 0 Å². The third-order valence-corrected chi connectivity index (χ3v) is 3.60. The summed E-state index contributed by atoms with van der Waals surface area (Å²) in [7, 11) is 1.80. The third-order valence-electron chi connectivity index (χ3n) is 3.60. The summed E-state index contributed by atoms with van der Waals surface area (Å²) in [6, 6.07) is 1.78. The Morgan fingerprint density at radius 3 is 3.00 bits per heavy atom. The normalized spacial score (nSPS) is 18.7. The summed E-state index contributed by atoms with van der Waals surface area (Å²) in [4.78, 5) is 26.9. The summed E-state index contributed by atoms with van der Waals surface area (Å²) in [5.74, 6) is -0.475. The number of H-pyrrole nitrogens is 1. The molecular formula is C14H23N5O3. The number of rotatable bonds is 6. The lowest BCUT2D eigenvalue weighted by Gasteiger charge is -2.34. The number of carbonyl (C=O) groups is 2. The molecule has 1 atom stereocenters. The van der Waals surface area contributed by atoms with Crippen LogP contribution in [0.15, 0.2) is 6.07 Å². The van der Waals surface area contributed by atoms with Crippen LogP contribution in [0.25, 0.3) is 0 Å². The van der Waals surface area contributed by atoms with Gasteiger partial charge >= 0.3 is 0 Å². The second-order valence-corrected chi connectivity index (χ2v) is 5.54. The molecule has 0 saturated carbocycles. The summed E-state index contributed by atoms with van der Waals surface area (Å²) < 4.78 is 5.66. The molecule has 3 N–H and O–H groups in total. The number of nitrogens with one attached hydrogen (secondary N) is 1. The Morgan fingerprint density at radius 1 is 1.59 bits per heavy atom. The maximum atomic E-state index is 12.4. The molecule has 122 valence electrons. The second-order valence-electron chi connectivity index (χ2n) is 5.54. The topological polar surface area (TPSA) is 105 Å². The highest BCUT2D eigenvalue weighted by molar-refractivity contribution is 5.92. The van der Waals surface area contributed by atoms with Crippen molar-refractivity contribution in [3.05, 3.63) is 17.5 Å². The van der Waals surface area contributed by atoms with E-state index in [0.29, 0.717) is 31.9 Å². The summed E-state index contributed by atoms with van der Waals surface area (Å²) >= 11 is 0. The average molecular weight is 309 g/mol. The van der Waals surface area contributed by atoms with Crippen LogP contribution in [-0.2, 0) is 16.0 Å². The fourth-order valence-corrected chi connectivity index (χ4v) is 2.51. The fourth-order valence-electron chi connectivity index (χ4n) is 2.51. The number of likely N-dealkylation sites (N-methyl/N-ethyl adjacent to an activating group) is 1. The van der Waals surface area contributed by atoms with Gasteiger partial charge in [0.2, 0.25) is 5.91 Å². The Bertz CT molecular complexity index is 530. The highest BCUT2D eigenvalue weighted by Gasteiger charge is 2.27. The molecule has 1 fully saturated rings. The Hall–Kier alpha value is -1.93. The number of amides is 2. The van der Waals surface area contributed by atoms with Gasteiger partial charge in [-0.1, -0.05) is 6.92 Å². The van der Waals surface area contributed by atoms with Crippen LogP contribution in [-0.4, -0.2) is 77.7 Å². The molecule has 1 aromatic heterocycles. The van der Waals surface area contributed by atoms with Gasteiger partial charge in [0.25, 0.3) is 5.91 Å². The van der Waals surface area contributed by atoms with Gasteiger partial charge in [0, 0.05) is 25.3 Å². The van der Waals surface area contributed by atoms with Crippen LogP contribution >= 0.6 is 0 Å². The van der Waals surface area contributed by atoms with E-state index in [1.54, 1.807) is 22.9 Å². The number of carbonyl (C=O) groups excluding carboxylic acids is 2. The summed E-state index contributed by atoms with van der Waals surface area (Å²) in [5.41, 5.74) is 6.54. The highest BCUT2D eigenvalue weighted by Crippen LogP contribution is 2.11. The minimum absolute atomic E-state index is 0.0956. The molecular weight excluding hydrogens is 286 g/mol. The monoisotopic (exact) mass is 309 g/mol. The molecule has 2 heterocycles. The zero-order valence-electron chi connectivity index (χ0n) is 13.0. The number of aromatic amines is 1. The van der Waals surface area contributed by atoms with E-state index in [1.165, 1.54) is 0 Å². The molecule has 8 heteroatoms. The van der Waals surface area contributed by atoms with Crippen molar-refractivity contribution in [3.8, 4) is 0 Å². The number of hydrogen-bond donors (Lipinski definition) is 2. The van der Waals surface area contributed by atoms with E-state index in [9.17, 15) is 9.59 Å². The molecule has 2 amide bonds. The zero-order chi connectivity index (χ0) is 16.1. The van der Waals surface area contributed by atoms with Gasteiger partial charge in [-0.2, -0.15) is 5.10 Å². The molecule has 0 aliphatic carbocycles. The molecule has 1 aromatic rings. The average Bonchev–Trinajstić information content (AvgIpc) is 2.94. The first-order valence-corrected chi connectivity index (χ1v) is 7.41. The minimum atomic E-state index is -0.380. The molecule has 8 nitrogen and oxygen atoms in total.